The summed E-state index contributed by atoms with van der Waals surface area (Å²) in [6.45, 7) is 1.77. The molecule has 0 N–H and O–H groups in total. The Kier molecular flexibility index (Phi) is 7.29. The van der Waals surface area contributed by atoms with Gasteiger partial charge in [0.2, 0.25) is 5.75 Å². The summed E-state index contributed by atoms with van der Waals surface area (Å²) < 4.78 is 27.9. The summed E-state index contributed by atoms with van der Waals surface area (Å²) in [6.07, 6.45) is 3.09. The van der Waals surface area contributed by atoms with Gasteiger partial charge < -0.3 is 23.7 Å². The maximum Gasteiger partial charge on any atom is 0.203 e. The van der Waals surface area contributed by atoms with Crippen LogP contribution >= 0.6 is 15.9 Å². The standard InChI is InChI=1S/C16H23BrO5/c1-18-13-9-12(11-22-15-5-3-4-7-20-15)10-14(19-2)16(13)21-8-6-17/h9-10,15H,3-8,11H2,1-2H3. The first kappa shape index (κ1) is 17.4. The first-order valence-electron chi connectivity index (χ1n) is 7.45. The van der Waals surface area contributed by atoms with E-state index in [4.69, 9.17) is 23.7 Å². The minimum absolute atomic E-state index is 0.116. The molecular weight excluding hydrogens is 352 g/mol. The molecule has 0 saturated carbocycles. The molecule has 1 fully saturated rings. The average molecular weight is 375 g/mol. The summed E-state index contributed by atoms with van der Waals surface area (Å²) in [5, 5.41) is 0.739. The maximum atomic E-state index is 5.81. The van der Waals surface area contributed by atoms with Crippen LogP contribution in [-0.4, -0.2) is 39.1 Å². The highest BCUT2D eigenvalue weighted by molar-refractivity contribution is 9.09. The smallest absolute Gasteiger partial charge is 0.203 e. The van der Waals surface area contributed by atoms with Crippen molar-refractivity contribution in [3.63, 3.8) is 0 Å². The summed E-state index contributed by atoms with van der Waals surface area (Å²) in [5.41, 5.74) is 0.967. The van der Waals surface area contributed by atoms with Crippen LogP contribution in [0.25, 0.3) is 0 Å². The van der Waals surface area contributed by atoms with Crippen molar-refractivity contribution < 1.29 is 23.7 Å². The Hall–Kier alpha value is -0.980. The molecule has 1 aromatic carbocycles. The largest absolute Gasteiger partial charge is 0.493 e. The highest BCUT2D eigenvalue weighted by Crippen LogP contribution is 2.39. The number of hydrogen-bond donors (Lipinski definition) is 0. The summed E-state index contributed by atoms with van der Waals surface area (Å²) >= 11 is 3.34. The van der Waals surface area contributed by atoms with Crippen molar-refractivity contribution in [2.75, 3.05) is 32.8 Å². The van der Waals surface area contributed by atoms with Gasteiger partial charge in [0, 0.05) is 11.9 Å². The Balaban J connectivity index is 2.07. The third-order valence-corrected chi connectivity index (χ3v) is 3.74. The molecule has 1 aromatic rings. The predicted molar refractivity (Wildman–Crippen MR) is 87.2 cm³/mol. The Labute approximate surface area is 140 Å². The lowest BCUT2D eigenvalue weighted by Gasteiger charge is -2.23. The Morgan fingerprint density at radius 2 is 1.91 bits per heavy atom. The molecule has 6 heteroatoms. The second-order valence-corrected chi connectivity index (χ2v) is 5.77. The molecule has 0 radical (unpaired) electrons. The van der Waals surface area contributed by atoms with Crippen molar-refractivity contribution >= 4 is 15.9 Å². The fourth-order valence-electron chi connectivity index (χ4n) is 2.33. The van der Waals surface area contributed by atoms with E-state index in [1.165, 1.54) is 0 Å². The van der Waals surface area contributed by atoms with Crippen LogP contribution < -0.4 is 14.2 Å². The third kappa shape index (κ3) is 4.76. The molecule has 1 saturated heterocycles. The Bertz CT molecular complexity index is 435. The van der Waals surface area contributed by atoms with Gasteiger partial charge in [0.05, 0.1) is 27.4 Å². The van der Waals surface area contributed by atoms with Gasteiger partial charge in [-0.2, -0.15) is 0 Å². The molecule has 1 unspecified atom stereocenters. The van der Waals surface area contributed by atoms with Crippen molar-refractivity contribution in [2.45, 2.75) is 32.2 Å². The molecule has 5 nitrogen and oxygen atoms in total. The van der Waals surface area contributed by atoms with Gasteiger partial charge in [-0.25, -0.2) is 0 Å². The van der Waals surface area contributed by atoms with Gasteiger partial charge in [-0.15, -0.1) is 0 Å². The number of alkyl halides is 1. The van der Waals surface area contributed by atoms with Gasteiger partial charge in [-0.3, -0.25) is 0 Å². The summed E-state index contributed by atoms with van der Waals surface area (Å²) in [5.74, 6) is 1.90. The molecule has 22 heavy (non-hydrogen) atoms. The SMILES string of the molecule is COc1cc(COC2CCCCO2)cc(OC)c1OCCBr. The number of rotatable bonds is 8. The second kappa shape index (κ2) is 9.22. The van der Waals surface area contributed by atoms with Crippen molar-refractivity contribution in [3.8, 4) is 17.2 Å². The van der Waals surface area contributed by atoms with Crippen LogP contribution in [0, 0.1) is 0 Å². The van der Waals surface area contributed by atoms with Crippen LogP contribution in [0.15, 0.2) is 12.1 Å². The lowest BCUT2D eigenvalue weighted by molar-refractivity contribution is -0.168. The monoisotopic (exact) mass is 374 g/mol. The first-order valence-corrected chi connectivity index (χ1v) is 8.57. The van der Waals surface area contributed by atoms with E-state index in [9.17, 15) is 0 Å². The maximum absolute atomic E-state index is 5.81. The van der Waals surface area contributed by atoms with Crippen LogP contribution in [0.2, 0.25) is 0 Å². The van der Waals surface area contributed by atoms with Gasteiger partial charge in [0.1, 0.15) is 0 Å². The Morgan fingerprint density at radius 1 is 1.18 bits per heavy atom. The van der Waals surface area contributed by atoms with Gasteiger partial charge in [0.25, 0.3) is 0 Å². The highest BCUT2D eigenvalue weighted by Gasteiger charge is 2.17. The van der Waals surface area contributed by atoms with E-state index in [0.29, 0.717) is 30.5 Å². The third-order valence-electron chi connectivity index (χ3n) is 3.42. The average Bonchev–Trinajstić information content (AvgIpc) is 2.58. The molecule has 0 aliphatic carbocycles. The second-order valence-electron chi connectivity index (χ2n) is 4.97. The molecule has 1 aliphatic rings. The van der Waals surface area contributed by atoms with Gasteiger partial charge in [-0.1, -0.05) is 15.9 Å². The summed E-state index contributed by atoms with van der Waals surface area (Å²) in [4.78, 5) is 0. The first-order chi connectivity index (χ1) is 10.8. The zero-order valence-electron chi connectivity index (χ0n) is 13.1. The summed E-state index contributed by atoms with van der Waals surface area (Å²) in [7, 11) is 3.23. The molecule has 1 aliphatic heterocycles. The molecule has 0 spiro atoms. The fraction of sp³-hybridized carbons (Fsp3) is 0.625. The van der Waals surface area contributed by atoms with Crippen molar-refractivity contribution in [2.24, 2.45) is 0 Å². The summed E-state index contributed by atoms with van der Waals surface area (Å²) in [6, 6.07) is 3.82. The van der Waals surface area contributed by atoms with Gasteiger partial charge in [0.15, 0.2) is 17.8 Å². The van der Waals surface area contributed by atoms with Gasteiger partial charge in [-0.05, 0) is 37.0 Å². The molecule has 0 aromatic heterocycles. The lowest BCUT2D eigenvalue weighted by atomic mass is 10.2. The number of benzene rings is 1. The minimum Gasteiger partial charge on any atom is -0.493 e. The van der Waals surface area contributed by atoms with Crippen LogP contribution in [0.3, 0.4) is 0 Å². The molecule has 124 valence electrons. The van der Waals surface area contributed by atoms with Crippen LogP contribution in [0.1, 0.15) is 24.8 Å². The van der Waals surface area contributed by atoms with E-state index < -0.39 is 0 Å². The molecule has 0 amide bonds. The predicted octanol–water partition coefficient (Wildman–Crippen LogP) is 3.52. The topological polar surface area (TPSA) is 46.2 Å². The van der Waals surface area contributed by atoms with Crippen molar-refractivity contribution in [3.05, 3.63) is 17.7 Å². The van der Waals surface area contributed by atoms with E-state index in [1.54, 1.807) is 14.2 Å². The van der Waals surface area contributed by atoms with Crippen LogP contribution in [0.4, 0.5) is 0 Å². The quantitative estimate of drug-likeness (QED) is 0.651. The number of hydrogen-bond acceptors (Lipinski definition) is 5. The zero-order valence-corrected chi connectivity index (χ0v) is 14.7. The molecule has 2 rings (SSSR count). The fourth-order valence-corrected chi connectivity index (χ4v) is 2.49. The Morgan fingerprint density at radius 3 is 2.45 bits per heavy atom. The van der Waals surface area contributed by atoms with E-state index in [1.807, 2.05) is 12.1 Å². The van der Waals surface area contributed by atoms with Crippen molar-refractivity contribution in [1.29, 1.82) is 0 Å². The molecule has 0 bridgehead atoms. The molecule has 1 atom stereocenters. The van der Waals surface area contributed by atoms with Crippen LogP contribution in [0.5, 0.6) is 17.2 Å². The van der Waals surface area contributed by atoms with Crippen LogP contribution in [-0.2, 0) is 16.1 Å². The van der Waals surface area contributed by atoms with Gasteiger partial charge >= 0.3 is 0 Å². The molecule has 1 heterocycles. The lowest BCUT2D eigenvalue weighted by Crippen LogP contribution is -2.22. The van der Waals surface area contributed by atoms with Crippen molar-refractivity contribution in [1.82, 2.24) is 0 Å². The van der Waals surface area contributed by atoms with E-state index >= 15 is 0 Å². The number of halogens is 1. The van der Waals surface area contributed by atoms with E-state index in [-0.39, 0.29) is 6.29 Å². The molecular formula is C16H23BrO5. The minimum atomic E-state index is -0.116. The normalized spacial score (nSPS) is 18.0. The number of methoxy groups -OCH3 is 2. The van der Waals surface area contributed by atoms with E-state index in [0.717, 1.165) is 36.8 Å². The zero-order chi connectivity index (χ0) is 15.8. The number of ether oxygens (including phenoxy) is 5. The highest BCUT2D eigenvalue weighted by atomic mass is 79.9. The van der Waals surface area contributed by atoms with E-state index in [2.05, 4.69) is 15.9 Å².